The standard InChI is InChI=1S/C11H15NO4S/c1-8(13)3-4-9-5-10(16-2)7-11(6-9)17(12,14)15/h5-7H,3-4H2,1-2H3,(H2,12,14,15). The molecule has 0 bridgehead atoms. The van der Waals surface area contributed by atoms with Crippen molar-refractivity contribution in [3.8, 4) is 5.75 Å². The topological polar surface area (TPSA) is 86.5 Å². The number of benzene rings is 1. The first-order chi connectivity index (χ1) is 7.82. The van der Waals surface area contributed by atoms with Gasteiger partial charge < -0.3 is 9.53 Å². The smallest absolute Gasteiger partial charge is 0.238 e. The van der Waals surface area contributed by atoms with Crippen molar-refractivity contribution in [3.63, 3.8) is 0 Å². The second-order valence-corrected chi connectivity index (χ2v) is 5.33. The molecule has 0 aliphatic carbocycles. The molecule has 1 aromatic rings. The van der Waals surface area contributed by atoms with Gasteiger partial charge in [0.1, 0.15) is 11.5 Å². The van der Waals surface area contributed by atoms with Crippen LogP contribution in [0.2, 0.25) is 0 Å². The van der Waals surface area contributed by atoms with E-state index >= 15 is 0 Å². The molecule has 0 aliphatic heterocycles. The Labute approximate surface area is 101 Å². The van der Waals surface area contributed by atoms with Crippen LogP contribution in [0.4, 0.5) is 0 Å². The number of carbonyl (C=O) groups is 1. The molecule has 0 saturated carbocycles. The van der Waals surface area contributed by atoms with Crippen LogP contribution in [0.25, 0.3) is 0 Å². The van der Waals surface area contributed by atoms with Crippen LogP contribution < -0.4 is 9.88 Å². The molecular weight excluding hydrogens is 242 g/mol. The highest BCUT2D eigenvalue weighted by Gasteiger charge is 2.11. The molecule has 0 heterocycles. The first kappa shape index (κ1) is 13.7. The van der Waals surface area contributed by atoms with Gasteiger partial charge >= 0.3 is 0 Å². The van der Waals surface area contributed by atoms with Crippen molar-refractivity contribution in [3.05, 3.63) is 23.8 Å². The van der Waals surface area contributed by atoms with Crippen LogP contribution >= 0.6 is 0 Å². The van der Waals surface area contributed by atoms with Crippen LogP contribution in [0.1, 0.15) is 18.9 Å². The summed E-state index contributed by atoms with van der Waals surface area (Å²) >= 11 is 0. The van der Waals surface area contributed by atoms with E-state index in [1.165, 1.54) is 26.2 Å². The van der Waals surface area contributed by atoms with Crippen LogP contribution in [0.3, 0.4) is 0 Å². The molecule has 0 radical (unpaired) electrons. The molecule has 1 aromatic carbocycles. The summed E-state index contributed by atoms with van der Waals surface area (Å²) in [5.74, 6) is 0.458. The quantitative estimate of drug-likeness (QED) is 0.847. The number of ketones is 1. The first-order valence-corrected chi connectivity index (χ1v) is 6.58. The number of hydrogen-bond donors (Lipinski definition) is 1. The number of carbonyl (C=O) groups excluding carboxylic acids is 1. The first-order valence-electron chi connectivity index (χ1n) is 5.03. The lowest BCUT2D eigenvalue weighted by Gasteiger charge is -2.07. The van der Waals surface area contributed by atoms with E-state index in [-0.39, 0.29) is 10.7 Å². The number of Topliss-reactive ketones (excluding diaryl/α,β-unsaturated/α-hetero) is 1. The molecule has 0 amide bonds. The molecule has 17 heavy (non-hydrogen) atoms. The van der Waals surface area contributed by atoms with Crippen LogP contribution in [0.15, 0.2) is 23.1 Å². The molecule has 0 spiro atoms. The zero-order chi connectivity index (χ0) is 13.1. The zero-order valence-electron chi connectivity index (χ0n) is 9.76. The van der Waals surface area contributed by atoms with Crippen LogP contribution in [-0.4, -0.2) is 21.3 Å². The lowest BCUT2D eigenvalue weighted by molar-refractivity contribution is -0.116. The maximum atomic E-state index is 11.2. The van der Waals surface area contributed by atoms with Crippen molar-refractivity contribution >= 4 is 15.8 Å². The molecule has 0 atom stereocenters. The van der Waals surface area contributed by atoms with E-state index in [0.717, 1.165) is 0 Å². The molecule has 0 unspecified atom stereocenters. The Balaban J connectivity index is 3.10. The van der Waals surface area contributed by atoms with E-state index in [9.17, 15) is 13.2 Å². The summed E-state index contributed by atoms with van der Waals surface area (Å²) in [6, 6.07) is 4.50. The summed E-state index contributed by atoms with van der Waals surface area (Å²) < 4.78 is 27.5. The summed E-state index contributed by atoms with van der Waals surface area (Å²) in [4.78, 5) is 10.9. The fraction of sp³-hybridized carbons (Fsp3) is 0.364. The summed E-state index contributed by atoms with van der Waals surface area (Å²) in [5, 5.41) is 5.05. The molecular formula is C11H15NO4S. The Bertz CT molecular complexity index is 522. The van der Waals surface area contributed by atoms with Gasteiger partial charge in [0.25, 0.3) is 0 Å². The van der Waals surface area contributed by atoms with Gasteiger partial charge in [-0.2, -0.15) is 0 Å². The third kappa shape index (κ3) is 4.16. The molecule has 1 rings (SSSR count). The minimum absolute atomic E-state index is 0.00426. The van der Waals surface area contributed by atoms with Gasteiger partial charge in [-0.3, -0.25) is 0 Å². The average molecular weight is 257 g/mol. The molecule has 5 nitrogen and oxygen atoms in total. The van der Waals surface area contributed by atoms with Crippen molar-refractivity contribution in [1.82, 2.24) is 0 Å². The molecule has 0 aromatic heterocycles. The van der Waals surface area contributed by atoms with Gasteiger partial charge in [-0.25, -0.2) is 13.6 Å². The normalized spacial score (nSPS) is 11.2. The van der Waals surface area contributed by atoms with Crippen molar-refractivity contribution in [2.24, 2.45) is 5.14 Å². The Hall–Kier alpha value is -1.40. The predicted octanol–water partition coefficient (Wildman–Crippen LogP) is 0.864. The van der Waals surface area contributed by atoms with Crippen molar-refractivity contribution in [2.45, 2.75) is 24.7 Å². The molecule has 94 valence electrons. The third-order valence-corrected chi connectivity index (χ3v) is 3.16. The highest BCUT2D eigenvalue weighted by Crippen LogP contribution is 2.20. The van der Waals surface area contributed by atoms with E-state index in [2.05, 4.69) is 0 Å². The van der Waals surface area contributed by atoms with Gasteiger partial charge in [-0.05, 0) is 31.0 Å². The Morgan fingerprint density at radius 3 is 2.47 bits per heavy atom. The SMILES string of the molecule is COc1cc(CCC(C)=O)cc(S(N)(=O)=O)c1. The van der Waals surface area contributed by atoms with Gasteiger partial charge in [-0.1, -0.05) is 0 Å². The second-order valence-electron chi connectivity index (χ2n) is 3.76. The number of hydrogen-bond acceptors (Lipinski definition) is 4. The number of nitrogens with two attached hydrogens (primary N) is 1. The van der Waals surface area contributed by atoms with Crippen molar-refractivity contribution in [2.75, 3.05) is 7.11 Å². The van der Waals surface area contributed by atoms with Crippen LogP contribution in [0, 0.1) is 0 Å². The average Bonchev–Trinajstić information content (AvgIpc) is 2.24. The summed E-state index contributed by atoms with van der Waals surface area (Å²) in [5.41, 5.74) is 0.712. The molecule has 2 N–H and O–H groups in total. The number of aryl methyl sites for hydroxylation is 1. The highest BCUT2D eigenvalue weighted by molar-refractivity contribution is 7.89. The Morgan fingerprint density at radius 1 is 1.35 bits per heavy atom. The van der Waals surface area contributed by atoms with Gasteiger partial charge in [-0.15, -0.1) is 0 Å². The van der Waals surface area contributed by atoms with E-state index in [0.29, 0.717) is 24.2 Å². The highest BCUT2D eigenvalue weighted by atomic mass is 32.2. The summed E-state index contributed by atoms with van der Waals surface area (Å²) in [7, 11) is -2.32. The monoisotopic (exact) mass is 257 g/mol. The van der Waals surface area contributed by atoms with Crippen molar-refractivity contribution in [1.29, 1.82) is 0 Å². The number of sulfonamides is 1. The van der Waals surface area contributed by atoms with E-state index in [4.69, 9.17) is 9.88 Å². The van der Waals surface area contributed by atoms with Gasteiger partial charge in [0.2, 0.25) is 10.0 Å². The largest absolute Gasteiger partial charge is 0.497 e. The van der Waals surface area contributed by atoms with E-state index < -0.39 is 10.0 Å². The number of rotatable bonds is 5. The zero-order valence-corrected chi connectivity index (χ0v) is 10.6. The molecule has 0 fully saturated rings. The molecule has 0 aliphatic rings. The Morgan fingerprint density at radius 2 is 2.00 bits per heavy atom. The fourth-order valence-corrected chi connectivity index (χ4v) is 1.97. The number of primary sulfonamides is 1. The minimum Gasteiger partial charge on any atom is -0.497 e. The van der Waals surface area contributed by atoms with Crippen molar-refractivity contribution < 1.29 is 17.9 Å². The lowest BCUT2D eigenvalue weighted by atomic mass is 10.1. The number of ether oxygens (including phenoxy) is 1. The maximum absolute atomic E-state index is 11.2. The fourth-order valence-electron chi connectivity index (χ4n) is 1.38. The third-order valence-electron chi connectivity index (χ3n) is 2.27. The van der Waals surface area contributed by atoms with Crippen LogP contribution in [0.5, 0.6) is 5.75 Å². The lowest BCUT2D eigenvalue weighted by Crippen LogP contribution is -2.12. The van der Waals surface area contributed by atoms with Gasteiger partial charge in [0.15, 0.2) is 0 Å². The predicted molar refractivity (Wildman–Crippen MR) is 63.4 cm³/mol. The number of methoxy groups -OCH3 is 1. The molecule has 6 heteroatoms. The van der Waals surface area contributed by atoms with E-state index in [1.54, 1.807) is 6.07 Å². The van der Waals surface area contributed by atoms with Crippen LogP contribution in [-0.2, 0) is 21.2 Å². The molecule has 0 saturated heterocycles. The summed E-state index contributed by atoms with van der Waals surface area (Å²) in [6.45, 7) is 1.49. The van der Waals surface area contributed by atoms with Gasteiger partial charge in [0, 0.05) is 12.5 Å². The van der Waals surface area contributed by atoms with E-state index in [1.807, 2.05) is 0 Å². The second kappa shape index (κ2) is 5.29. The minimum atomic E-state index is -3.76. The Kier molecular flexibility index (Phi) is 4.25. The maximum Gasteiger partial charge on any atom is 0.238 e. The van der Waals surface area contributed by atoms with Gasteiger partial charge in [0.05, 0.1) is 12.0 Å². The summed E-state index contributed by atoms with van der Waals surface area (Å²) in [6.07, 6.45) is 0.826.